The molecule has 0 unspecified atom stereocenters. The van der Waals surface area contributed by atoms with E-state index in [1.807, 2.05) is 48.5 Å². The Balaban J connectivity index is 1.25. The Kier molecular flexibility index (Phi) is 4.32. The number of urea groups is 1. The van der Waals surface area contributed by atoms with Crippen LogP contribution < -0.4 is 5.32 Å². The van der Waals surface area contributed by atoms with Gasteiger partial charge in [-0.25, -0.2) is 14.6 Å². The van der Waals surface area contributed by atoms with Gasteiger partial charge in [-0.3, -0.25) is 5.32 Å². The lowest BCUT2D eigenvalue weighted by Gasteiger charge is -2.38. The van der Waals surface area contributed by atoms with Crippen LogP contribution >= 0.6 is 11.3 Å². The van der Waals surface area contributed by atoms with Gasteiger partial charge in [0.1, 0.15) is 5.60 Å². The quantitative estimate of drug-likeness (QED) is 0.637. The van der Waals surface area contributed by atoms with E-state index in [1.54, 1.807) is 17.2 Å². The average Bonchev–Trinajstić information content (AvgIpc) is 3.33. The highest BCUT2D eigenvalue weighted by molar-refractivity contribution is 7.19. The molecule has 146 valence electrons. The van der Waals surface area contributed by atoms with Gasteiger partial charge in [-0.1, -0.05) is 59.9 Å². The monoisotopic (exact) mass is 405 g/mol. The first kappa shape index (κ1) is 17.9. The molecule has 0 saturated carbocycles. The van der Waals surface area contributed by atoms with Gasteiger partial charge < -0.3 is 9.64 Å². The summed E-state index contributed by atoms with van der Waals surface area (Å²) in [6.45, 7) is 1.04. The Hall–Kier alpha value is -3.19. The van der Waals surface area contributed by atoms with Crippen molar-refractivity contribution in [2.24, 2.45) is 0 Å². The Morgan fingerprint density at radius 1 is 1.07 bits per heavy atom. The fourth-order valence-corrected chi connectivity index (χ4v) is 4.84. The molecule has 1 saturated heterocycles. The van der Waals surface area contributed by atoms with Crippen LogP contribution in [0.2, 0.25) is 0 Å². The number of hydrogen-bond donors (Lipinski definition) is 1. The van der Waals surface area contributed by atoms with Crippen LogP contribution in [0.4, 0.5) is 9.93 Å². The van der Waals surface area contributed by atoms with Crippen molar-refractivity contribution in [2.45, 2.75) is 18.4 Å². The van der Waals surface area contributed by atoms with E-state index in [4.69, 9.17) is 4.74 Å². The second-order valence-corrected chi connectivity index (χ2v) is 8.27. The van der Waals surface area contributed by atoms with E-state index >= 15 is 0 Å². The van der Waals surface area contributed by atoms with Crippen LogP contribution in [0.1, 0.15) is 28.8 Å². The molecule has 3 heterocycles. The lowest BCUT2D eigenvalue weighted by Crippen LogP contribution is -2.46. The molecule has 5 rings (SSSR count). The molecule has 29 heavy (non-hydrogen) atoms. The molecule has 7 heteroatoms. The Morgan fingerprint density at radius 3 is 2.59 bits per heavy atom. The third-order valence-electron chi connectivity index (χ3n) is 5.56. The fraction of sp³-hybridized carbons (Fsp3) is 0.227. The molecule has 3 aromatic rings. The zero-order chi connectivity index (χ0) is 19.8. The van der Waals surface area contributed by atoms with E-state index in [-0.39, 0.29) is 12.0 Å². The number of aromatic nitrogens is 1. The van der Waals surface area contributed by atoms with Crippen molar-refractivity contribution in [3.8, 4) is 10.4 Å². The van der Waals surface area contributed by atoms with E-state index in [0.717, 1.165) is 16.0 Å². The number of anilines is 1. The van der Waals surface area contributed by atoms with Gasteiger partial charge in [-0.05, 0) is 11.6 Å². The largest absolute Gasteiger partial charge is 0.450 e. The summed E-state index contributed by atoms with van der Waals surface area (Å²) in [5.41, 5.74) is 2.05. The number of rotatable bonds is 2. The van der Waals surface area contributed by atoms with E-state index in [1.165, 1.54) is 11.3 Å². The number of piperidine rings is 1. The number of thiazole rings is 1. The molecular formula is C22H19N3O3S. The van der Waals surface area contributed by atoms with E-state index in [0.29, 0.717) is 36.6 Å². The third kappa shape index (κ3) is 3.17. The lowest BCUT2D eigenvalue weighted by atomic mass is 9.84. The van der Waals surface area contributed by atoms with Gasteiger partial charge in [0.15, 0.2) is 5.13 Å². The van der Waals surface area contributed by atoms with Crippen molar-refractivity contribution < 1.29 is 14.3 Å². The molecule has 1 fully saturated rings. The number of nitrogens with one attached hydrogen (secondary N) is 1. The Morgan fingerprint density at radius 2 is 1.79 bits per heavy atom. The van der Waals surface area contributed by atoms with Crippen molar-refractivity contribution in [3.05, 3.63) is 71.9 Å². The maximum atomic E-state index is 12.7. The number of amides is 2. The van der Waals surface area contributed by atoms with Gasteiger partial charge in [0, 0.05) is 37.7 Å². The molecule has 1 aromatic heterocycles. The number of esters is 1. The van der Waals surface area contributed by atoms with Crippen LogP contribution in [0, 0.1) is 0 Å². The van der Waals surface area contributed by atoms with Crippen molar-refractivity contribution in [3.63, 3.8) is 0 Å². The van der Waals surface area contributed by atoms with Crippen LogP contribution in [0.5, 0.6) is 0 Å². The number of hydrogen-bond acceptors (Lipinski definition) is 5. The number of benzene rings is 2. The summed E-state index contributed by atoms with van der Waals surface area (Å²) in [6, 6.07) is 17.3. The Labute approximate surface area is 172 Å². The molecule has 0 radical (unpaired) electrons. The van der Waals surface area contributed by atoms with Gasteiger partial charge in [-0.15, -0.1) is 0 Å². The maximum absolute atomic E-state index is 12.7. The minimum atomic E-state index is -0.605. The summed E-state index contributed by atoms with van der Waals surface area (Å²) in [4.78, 5) is 32.0. The normalized spacial score (nSPS) is 17.1. The summed E-state index contributed by atoms with van der Waals surface area (Å²) >= 11 is 1.45. The highest BCUT2D eigenvalue weighted by atomic mass is 32.1. The number of carbonyl (C=O) groups is 2. The molecule has 2 aromatic carbocycles. The molecule has 6 nitrogen and oxygen atoms in total. The highest BCUT2D eigenvalue weighted by Gasteiger charge is 2.47. The molecule has 2 amide bonds. The molecule has 2 aliphatic heterocycles. The van der Waals surface area contributed by atoms with Gasteiger partial charge >= 0.3 is 12.0 Å². The highest BCUT2D eigenvalue weighted by Crippen LogP contribution is 2.44. The maximum Gasteiger partial charge on any atom is 0.339 e. The van der Waals surface area contributed by atoms with Crippen molar-refractivity contribution >= 4 is 28.5 Å². The topological polar surface area (TPSA) is 71.5 Å². The first-order valence-electron chi connectivity index (χ1n) is 9.55. The number of nitrogens with zero attached hydrogens (tertiary/aromatic N) is 2. The van der Waals surface area contributed by atoms with Crippen LogP contribution in [0.3, 0.4) is 0 Å². The Bertz CT molecular complexity index is 1070. The van der Waals surface area contributed by atoms with Crippen LogP contribution in [0.25, 0.3) is 10.4 Å². The molecule has 1 spiro atoms. The minimum Gasteiger partial charge on any atom is -0.450 e. The minimum absolute atomic E-state index is 0.175. The molecular weight excluding hydrogens is 386 g/mol. The number of likely N-dealkylation sites (tertiary alicyclic amines) is 1. The molecule has 0 atom stereocenters. The van der Waals surface area contributed by atoms with E-state index in [9.17, 15) is 9.59 Å². The van der Waals surface area contributed by atoms with Gasteiger partial charge in [-0.2, -0.15) is 0 Å². The number of fused-ring (bicyclic) bond motifs is 2. The van der Waals surface area contributed by atoms with Crippen molar-refractivity contribution in [1.29, 1.82) is 0 Å². The first-order valence-corrected chi connectivity index (χ1v) is 10.4. The first-order chi connectivity index (χ1) is 14.1. The van der Waals surface area contributed by atoms with Gasteiger partial charge in [0.2, 0.25) is 0 Å². The predicted molar refractivity (Wildman–Crippen MR) is 111 cm³/mol. The lowest BCUT2D eigenvalue weighted by molar-refractivity contribution is -0.0363. The molecule has 1 N–H and O–H groups in total. The van der Waals surface area contributed by atoms with Crippen molar-refractivity contribution in [1.82, 2.24) is 9.88 Å². The SMILES string of the molecule is O=C1OC2(CCN(C(=O)Nc3ncc(-c4ccccc4)s3)CC2)c2ccccc21. The molecule has 0 aliphatic carbocycles. The smallest absolute Gasteiger partial charge is 0.339 e. The summed E-state index contributed by atoms with van der Waals surface area (Å²) in [6.07, 6.45) is 2.96. The summed E-state index contributed by atoms with van der Waals surface area (Å²) < 4.78 is 5.75. The van der Waals surface area contributed by atoms with Gasteiger partial charge in [0.25, 0.3) is 0 Å². The summed E-state index contributed by atoms with van der Waals surface area (Å²) in [7, 11) is 0. The van der Waals surface area contributed by atoms with Crippen molar-refractivity contribution in [2.75, 3.05) is 18.4 Å². The fourth-order valence-electron chi connectivity index (χ4n) is 4.03. The van der Waals surface area contributed by atoms with Crippen LogP contribution in [-0.4, -0.2) is 35.0 Å². The number of ether oxygens (including phenoxy) is 1. The zero-order valence-electron chi connectivity index (χ0n) is 15.6. The molecule has 2 aliphatic rings. The van der Waals surface area contributed by atoms with Crippen LogP contribution in [-0.2, 0) is 10.3 Å². The van der Waals surface area contributed by atoms with E-state index in [2.05, 4.69) is 10.3 Å². The second kappa shape index (κ2) is 7.00. The predicted octanol–water partition coefficient (Wildman–Crippen LogP) is 4.50. The summed E-state index contributed by atoms with van der Waals surface area (Å²) in [5, 5.41) is 3.47. The van der Waals surface area contributed by atoms with E-state index < -0.39 is 5.60 Å². The zero-order valence-corrected chi connectivity index (χ0v) is 16.4. The molecule has 0 bridgehead atoms. The third-order valence-corrected chi connectivity index (χ3v) is 6.52. The average molecular weight is 405 g/mol. The summed E-state index contributed by atoms with van der Waals surface area (Å²) in [5.74, 6) is -0.269. The second-order valence-electron chi connectivity index (χ2n) is 7.24. The number of carbonyl (C=O) groups excluding carboxylic acids is 2. The standard InChI is InChI=1S/C22H19N3O3S/c26-19-16-8-4-5-9-17(16)22(28-19)10-12-25(13-11-22)21(27)24-20-23-14-18(29-20)15-6-2-1-3-7-15/h1-9,14H,10-13H2,(H,23,24,27). The van der Waals surface area contributed by atoms with Crippen LogP contribution in [0.15, 0.2) is 60.8 Å². The van der Waals surface area contributed by atoms with Gasteiger partial charge in [0.05, 0.1) is 10.4 Å².